The zero-order valence-corrected chi connectivity index (χ0v) is 10.3. The van der Waals surface area contributed by atoms with Crippen molar-refractivity contribution in [2.75, 3.05) is 12.9 Å². The molecule has 0 bridgehead atoms. The Balaban J connectivity index is 2.68. The van der Waals surface area contributed by atoms with Crippen molar-refractivity contribution in [3.8, 4) is 0 Å². The summed E-state index contributed by atoms with van der Waals surface area (Å²) >= 11 is 11.3. The van der Waals surface area contributed by atoms with Gasteiger partial charge in [0.05, 0.1) is 5.02 Å². The second-order valence-electron chi connectivity index (χ2n) is 3.67. The van der Waals surface area contributed by atoms with E-state index in [1.54, 1.807) is 6.07 Å². The lowest BCUT2D eigenvalue weighted by Crippen LogP contribution is -2.29. The molecule has 1 rings (SSSR count). The molecule has 0 fully saturated rings. The van der Waals surface area contributed by atoms with Gasteiger partial charge in [0.1, 0.15) is 5.82 Å². The molecule has 1 aromatic rings. The van der Waals surface area contributed by atoms with Crippen molar-refractivity contribution < 1.29 is 4.39 Å². The van der Waals surface area contributed by atoms with Crippen molar-refractivity contribution in [2.45, 2.75) is 19.5 Å². The van der Waals surface area contributed by atoms with Crippen LogP contribution >= 0.6 is 23.2 Å². The third-order valence-electron chi connectivity index (χ3n) is 2.39. The Kier molecular flexibility index (Phi) is 4.84. The van der Waals surface area contributed by atoms with E-state index in [2.05, 4.69) is 4.90 Å². The molecular formula is C11H14Cl2FN. The molecule has 0 aromatic heterocycles. The van der Waals surface area contributed by atoms with Gasteiger partial charge in [-0.3, -0.25) is 4.90 Å². The minimum Gasteiger partial charge on any atom is -0.298 e. The highest BCUT2D eigenvalue weighted by Crippen LogP contribution is 2.17. The van der Waals surface area contributed by atoms with Crippen molar-refractivity contribution in [3.63, 3.8) is 0 Å². The molecule has 0 aliphatic carbocycles. The molecule has 0 aliphatic rings. The summed E-state index contributed by atoms with van der Waals surface area (Å²) in [5.74, 6) is 0.188. The molecule has 84 valence electrons. The molecule has 0 aliphatic heterocycles. The molecule has 0 spiro atoms. The second-order valence-corrected chi connectivity index (χ2v) is 4.38. The lowest BCUT2D eigenvalue weighted by molar-refractivity contribution is 0.268. The highest BCUT2D eigenvalue weighted by atomic mass is 35.5. The Morgan fingerprint density at radius 2 is 2.13 bits per heavy atom. The Morgan fingerprint density at radius 1 is 1.47 bits per heavy atom. The Bertz CT molecular complexity index is 330. The summed E-state index contributed by atoms with van der Waals surface area (Å²) in [6, 6.07) is 5.12. The maximum Gasteiger partial charge on any atom is 0.142 e. The summed E-state index contributed by atoms with van der Waals surface area (Å²) < 4.78 is 13.1. The predicted octanol–water partition coefficient (Wildman–Crippen LogP) is 3.54. The maximum absolute atomic E-state index is 13.1. The molecule has 1 unspecified atom stereocenters. The summed E-state index contributed by atoms with van der Waals surface area (Å²) in [6.07, 6.45) is 0. The van der Waals surface area contributed by atoms with Gasteiger partial charge in [-0.1, -0.05) is 17.7 Å². The average molecular weight is 250 g/mol. The highest BCUT2D eigenvalue weighted by molar-refractivity contribution is 6.30. The molecule has 0 saturated carbocycles. The van der Waals surface area contributed by atoms with Gasteiger partial charge in [0.15, 0.2) is 0 Å². The predicted molar refractivity (Wildman–Crippen MR) is 63.1 cm³/mol. The fraction of sp³-hybridized carbons (Fsp3) is 0.455. The smallest absolute Gasteiger partial charge is 0.142 e. The molecule has 0 saturated heterocycles. The second kappa shape index (κ2) is 5.69. The minimum absolute atomic E-state index is 0.159. The van der Waals surface area contributed by atoms with Gasteiger partial charge in [0, 0.05) is 18.5 Å². The largest absolute Gasteiger partial charge is 0.298 e. The van der Waals surface area contributed by atoms with Crippen LogP contribution in [0.5, 0.6) is 0 Å². The number of rotatable bonds is 4. The van der Waals surface area contributed by atoms with Gasteiger partial charge in [-0.15, -0.1) is 11.6 Å². The van der Waals surface area contributed by atoms with Gasteiger partial charge >= 0.3 is 0 Å². The SMILES string of the molecule is CC(CCl)N(C)Cc1ccc(Cl)c(F)c1. The number of benzene rings is 1. The van der Waals surface area contributed by atoms with Gasteiger partial charge < -0.3 is 0 Å². The molecule has 4 heteroatoms. The van der Waals surface area contributed by atoms with Crippen LogP contribution in [0.1, 0.15) is 12.5 Å². The van der Waals surface area contributed by atoms with E-state index in [4.69, 9.17) is 23.2 Å². The number of halogens is 3. The molecule has 1 nitrogen and oxygen atoms in total. The van der Waals surface area contributed by atoms with Gasteiger partial charge in [0.25, 0.3) is 0 Å². The number of hydrogen-bond donors (Lipinski definition) is 0. The third kappa shape index (κ3) is 3.63. The van der Waals surface area contributed by atoms with E-state index in [-0.39, 0.29) is 16.9 Å². The molecular weight excluding hydrogens is 236 g/mol. The van der Waals surface area contributed by atoms with Crippen LogP contribution in [0, 0.1) is 5.82 Å². The van der Waals surface area contributed by atoms with Crippen LogP contribution in [0.3, 0.4) is 0 Å². The lowest BCUT2D eigenvalue weighted by atomic mass is 10.2. The number of alkyl halides is 1. The van der Waals surface area contributed by atoms with Crippen LogP contribution in [-0.4, -0.2) is 23.9 Å². The molecule has 0 heterocycles. The molecule has 15 heavy (non-hydrogen) atoms. The van der Waals surface area contributed by atoms with Crippen molar-refractivity contribution in [1.82, 2.24) is 4.90 Å². The van der Waals surface area contributed by atoms with Crippen molar-refractivity contribution >= 4 is 23.2 Å². The van der Waals surface area contributed by atoms with Crippen LogP contribution in [-0.2, 0) is 6.54 Å². The zero-order chi connectivity index (χ0) is 11.4. The molecule has 0 amide bonds. The quantitative estimate of drug-likeness (QED) is 0.739. The van der Waals surface area contributed by atoms with E-state index in [1.807, 2.05) is 20.0 Å². The highest BCUT2D eigenvalue weighted by Gasteiger charge is 2.09. The van der Waals surface area contributed by atoms with Crippen LogP contribution in [0.25, 0.3) is 0 Å². The van der Waals surface area contributed by atoms with Crippen LogP contribution in [0.4, 0.5) is 4.39 Å². The van der Waals surface area contributed by atoms with Crippen molar-refractivity contribution in [3.05, 3.63) is 34.6 Å². The fourth-order valence-corrected chi connectivity index (χ4v) is 1.55. The average Bonchev–Trinajstić information content (AvgIpc) is 2.22. The first-order valence-electron chi connectivity index (χ1n) is 4.74. The summed E-state index contributed by atoms with van der Waals surface area (Å²) in [6.45, 7) is 2.70. The fourth-order valence-electron chi connectivity index (χ4n) is 1.20. The molecule has 1 atom stereocenters. The number of nitrogens with zero attached hydrogens (tertiary/aromatic N) is 1. The summed E-state index contributed by atoms with van der Waals surface area (Å²) in [5, 5.41) is 0.159. The lowest BCUT2D eigenvalue weighted by Gasteiger charge is -2.22. The summed E-state index contributed by atoms with van der Waals surface area (Å²) in [7, 11) is 1.96. The van der Waals surface area contributed by atoms with Gasteiger partial charge in [0.2, 0.25) is 0 Å². The van der Waals surface area contributed by atoms with E-state index >= 15 is 0 Å². The van der Waals surface area contributed by atoms with E-state index in [9.17, 15) is 4.39 Å². The summed E-state index contributed by atoms with van der Waals surface area (Å²) in [5.41, 5.74) is 0.899. The maximum atomic E-state index is 13.1. The minimum atomic E-state index is -0.374. The standard InChI is InChI=1S/C11H14Cl2FN/c1-8(6-12)15(2)7-9-3-4-10(13)11(14)5-9/h3-5,8H,6-7H2,1-2H3. The first-order valence-corrected chi connectivity index (χ1v) is 5.66. The normalized spacial score (nSPS) is 13.2. The molecule has 0 radical (unpaired) electrons. The molecule has 0 N–H and O–H groups in total. The van der Waals surface area contributed by atoms with Crippen molar-refractivity contribution in [1.29, 1.82) is 0 Å². The van der Waals surface area contributed by atoms with E-state index < -0.39 is 0 Å². The van der Waals surface area contributed by atoms with Gasteiger partial charge in [-0.2, -0.15) is 0 Å². The van der Waals surface area contributed by atoms with Gasteiger partial charge in [-0.25, -0.2) is 4.39 Å². The first-order chi connectivity index (χ1) is 7.04. The third-order valence-corrected chi connectivity index (χ3v) is 3.14. The van der Waals surface area contributed by atoms with Crippen LogP contribution < -0.4 is 0 Å². The van der Waals surface area contributed by atoms with Gasteiger partial charge in [-0.05, 0) is 31.7 Å². The zero-order valence-electron chi connectivity index (χ0n) is 8.80. The summed E-state index contributed by atoms with van der Waals surface area (Å²) in [4.78, 5) is 2.07. The Morgan fingerprint density at radius 3 is 2.67 bits per heavy atom. The Hall–Kier alpha value is -0.310. The van der Waals surface area contributed by atoms with Crippen LogP contribution in [0.2, 0.25) is 5.02 Å². The van der Waals surface area contributed by atoms with Crippen molar-refractivity contribution in [2.24, 2.45) is 0 Å². The monoisotopic (exact) mass is 249 g/mol. The van der Waals surface area contributed by atoms with Crippen LogP contribution in [0.15, 0.2) is 18.2 Å². The first kappa shape index (κ1) is 12.8. The van der Waals surface area contributed by atoms with E-state index in [1.165, 1.54) is 6.07 Å². The Labute approximate surface area is 99.8 Å². The number of hydrogen-bond acceptors (Lipinski definition) is 1. The van der Waals surface area contributed by atoms with E-state index in [0.29, 0.717) is 12.4 Å². The van der Waals surface area contributed by atoms with E-state index in [0.717, 1.165) is 5.56 Å². The topological polar surface area (TPSA) is 3.24 Å². The molecule has 1 aromatic carbocycles.